The Morgan fingerprint density at radius 3 is 2.11 bits per heavy atom. The summed E-state index contributed by atoms with van der Waals surface area (Å²) in [4.78, 5) is 0. The maximum Gasteiger partial charge on any atom is 0.0438 e. The van der Waals surface area contributed by atoms with Crippen LogP contribution in [0, 0.1) is 13.8 Å². The molecule has 1 aromatic rings. The zero-order valence-corrected chi connectivity index (χ0v) is 13.2. The quantitative estimate of drug-likeness (QED) is 0.805. The number of hydrogen-bond acceptors (Lipinski definition) is 2. The van der Waals surface area contributed by atoms with Crippen LogP contribution in [0.15, 0.2) is 12.1 Å². The molecule has 0 spiro atoms. The van der Waals surface area contributed by atoms with E-state index < -0.39 is 0 Å². The minimum Gasteiger partial charge on any atom is -0.396 e. The summed E-state index contributed by atoms with van der Waals surface area (Å²) in [6.45, 7) is 11.5. The molecule has 2 heteroatoms. The van der Waals surface area contributed by atoms with Crippen LogP contribution in [0.2, 0.25) is 0 Å². The van der Waals surface area contributed by atoms with Crippen LogP contribution in [-0.2, 0) is 11.2 Å². The van der Waals surface area contributed by atoms with Gasteiger partial charge < -0.3 is 5.11 Å². The van der Waals surface area contributed by atoms with Crippen LogP contribution >= 0.6 is 11.8 Å². The number of aliphatic hydroxyl groups excluding tert-OH is 1. The van der Waals surface area contributed by atoms with Crippen molar-refractivity contribution in [1.82, 2.24) is 0 Å². The third kappa shape index (κ3) is 4.33. The fourth-order valence-electron chi connectivity index (χ4n) is 1.99. The van der Waals surface area contributed by atoms with Crippen molar-refractivity contribution < 1.29 is 5.11 Å². The molecule has 0 heterocycles. The molecule has 0 aliphatic heterocycles. The average molecular weight is 266 g/mol. The van der Waals surface area contributed by atoms with E-state index in [-0.39, 0.29) is 5.41 Å². The van der Waals surface area contributed by atoms with E-state index in [1.54, 1.807) is 0 Å². The zero-order chi connectivity index (χ0) is 13.8. The van der Waals surface area contributed by atoms with Crippen LogP contribution in [0.25, 0.3) is 0 Å². The topological polar surface area (TPSA) is 20.2 Å². The maximum atomic E-state index is 8.79. The minimum atomic E-state index is 0.220. The molecule has 0 amide bonds. The summed E-state index contributed by atoms with van der Waals surface area (Å²) in [5.41, 5.74) is 5.90. The molecule has 1 nitrogen and oxygen atoms in total. The van der Waals surface area contributed by atoms with Crippen molar-refractivity contribution in [3.05, 3.63) is 34.4 Å². The molecule has 1 aromatic carbocycles. The second-order valence-electron chi connectivity index (χ2n) is 5.97. The molecule has 0 aliphatic rings. The molecule has 0 aliphatic carbocycles. The number of rotatable bonds is 5. The van der Waals surface area contributed by atoms with Gasteiger partial charge in [0.25, 0.3) is 0 Å². The second kappa shape index (κ2) is 6.63. The Morgan fingerprint density at radius 1 is 1.11 bits per heavy atom. The van der Waals surface area contributed by atoms with Crippen molar-refractivity contribution in [2.24, 2.45) is 0 Å². The van der Waals surface area contributed by atoms with Gasteiger partial charge in [0.2, 0.25) is 0 Å². The van der Waals surface area contributed by atoms with E-state index in [1.807, 2.05) is 11.8 Å². The molecule has 0 saturated heterocycles. The first-order chi connectivity index (χ1) is 8.36. The smallest absolute Gasteiger partial charge is 0.0438 e. The minimum absolute atomic E-state index is 0.220. The number of hydrogen-bond donors (Lipinski definition) is 1. The maximum absolute atomic E-state index is 8.79. The lowest BCUT2D eigenvalue weighted by Crippen LogP contribution is -2.12. The number of aliphatic hydroxyl groups is 1. The van der Waals surface area contributed by atoms with E-state index in [0.717, 1.165) is 17.9 Å². The lowest BCUT2D eigenvalue weighted by atomic mass is 9.84. The molecule has 0 radical (unpaired) electrons. The van der Waals surface area contributed by atoms with E-state index in [0.29, 0.717) is 6.61 Å². The summed E-state index contributed by atoms with van der Waals surface area (Å²) < 4.78 is 0. The number of aryl methyl sites for hydroxylation is 2. The summed E-state index contributed by atoms with van der Waals surface area (Å²) in [6.07, 6.45) is 0.892. The first-order valence-electron chi connectivity index (χ1n) is 6.65. The molecule has 0 bridgehead atoms. The van der Waals surface area contributed by atoms with Crippen molar-refractivity contribution in [3.63, 3.8) is 0 Å². The van der Waals surface area contributed by atoms with E-state index in [4.69, 9.17) is 5.11 Å². The monoisotopic (exact) mass is 266 g/mol. The van der Waals surface area contributed by atoms with E-state index in [9.17, 15) is 0 Å². The SMILES string of the molecule is Cc1cc(C(C)(C)C)cc(C)c1CSCCCO. The Hall–Kier alpha value is -0.470. The first-order valence-corrected chi connectivity index (χ1v) is 7.81. The molecular weight excluding hydrogens is 240 g/mol. The van der Waals surface area contributed by atoms with Crippen LogP contribution in [-0.4, -0.2) is 17.5 Å². The number of thioether (sulfide) groups is 1. The van der Waals surface area contributed by atoms with E-state index in [2.05, 4.69) is 46.8 Å². The van der Waals surface area contributed by atoms with Crippen molar-refractivity contribution >= 4 is 11.8 Å². The Labute approximate surface area is 116 Å². The van der Waals surface area contributed by atoms with Gasteiger partial charge in [-0.15, -0.1) is 0 Å². The van der Waals surface area contributed by atoms with Crippen molar-refractivity contribution in [2.75, 3.05) is 12.4 Å². The number of benzene rings is 1. The molecule has 0 fully saturated rings. The fraction of sp³-hybridized carbons (Fsp3) is 0.625. The van der Waals surface area contributed by atoms with Gasteiger partial charge in [-0.1, -0.05) is 32.9 Å². The molecule has 18 heavy (non-hydrogen) atoms. The van der Waals surface area contributed by atoms with Gasteiger partial charge in [0.1, 0.15) is 0 Å². The third-order valence-electron chi connectivity index (χ3n) is 3.26. The molecule has 1 N–H and O–H groups in total. The molecule has 102 valence electrons. The standard InChI is InChI=1S/C16H26OS/c1-12-9-14(16(3,4)5)10-13(2)15(12)11-18-8-6-7-17/h9-10,17H,6-8,11H2,1-5H3. The van der Waals surface area contributed by atoms with Crippen LogP contribution in [0.1, 0.15) is 49.4 Å². The van der Waals surface area contributed by atoms with E-state index >= 15 is 0 Å². The highest BCUT2D eigenvalue weighted by atomic mass is 32.2. The van der Waals surface area contributed by atoms with Crippen molar-refractivity contribution in [3.8, 4) is 0 Å². The molecule has 0 aromatic heterocycles. The van der Waals surface area contributed by atoms with Gasteiger partial charge >= 0.3 is 0 Å². The summed E-state index contributed by atoms with van der Waals surface area (Å²) >= 11 is 1.91. The summed E-state index contributed by atoms with van der Waals surface area (Å²) in [6, 6.07) is 4.66. The van der Waals surface area contributed by atoms with Gasteiger partial charge in [-0.25, -0.2) is 0 Å². The summed E-state index contributed by atoms with van der Waals surface area (Å²) in [5, 5.41) is 8.79. The zero-order valence-electron chi connectivity index (χ0n) is 12.3. The normalized spacial score (nSPS) is 11.9. The Kier molecular flexibility index (Phi) is 5.74. The van der Waals surface area contributed by atoms with E-state index in [1.165, 1.54) is 22.3 Å². The molecule has 0 atom stereocenters. The predicted octanol–water partition coefficient (Wildman–Crippen LogP) is 4.22. The highest BCUT2D eigenvalue weighted by Gasteiger charge is 2.16. The van der Waals surface area contributed by atoms with Gasteiger partial charge in [-0.05, 0) is 53.7 Å². The van der Waals surface area contributed by atoms with Gasteiger partial charge in [0.15, 0.2) is 0 Å². The first kappa shape index (κ1) is 15.6. The van der Waals surface area contributed by atoms with Crippen LogP contribution in [0.4, 0.5) is 0 Å². The van der Waals surface area contributed by atoms with Gasteiger partial charge in [-0.2, -0.15) is 11.8 Å². The van der Waals surface area contributed by atoms with Crippen molar-refractivity contribution in [2.45, 2.75) is 52.2 Å². The second-order valence-corrected chi connectivity index (χ2v) is 7.07. The van der Waals surface area contributed by atoms with Crippen LogP contribution in [0.3, 0.4) is 0 Å². The fourth-order valence-corrected chi connectivity index (χ4v) is 3.13. The molecule has 0 unspecified atom stereocenters. The largest absolute Gasteiger partial charge is 0.396 e. The predicted molar refractivity (Wildman–Crippen MR) is 82.5 cm³/mol. The molecular formula is C16H26OS. The average Bonchev–Trinajstić information content (AvgIpc) is 2.25. The summed E-state index contributed by atoms with van der Waals surface area (Å²) in [7, 11) is 0. The Bertz CT molecular complexity index is 368. The summed E-state index contributed by atoms with van der Waals surface area (Å²) in [5.74, 6) is 2.10. The molecule has 1 rings (SSSR count). The lowest BCUT2D eigenvalue weighted by Gasteiger charge is -2.22. The lowest BCUT2D eigenvalue weighted by molar-refractivity contribution is 0.296. The Balaban J connectivity index is 2.82. The van der Waals surface area contributed by atoms with Gasteiger partial charge in [0.05, 0.1) is 0 Å². The Morgan fingerprint density at radius 2 is 1.67 bits per heavy atom. The third-order valence-corrected chi connectivity index (χ3v) is 4.33. The van der Waals surface area contributed by atoms with Crippen LogP contribution < -0.4 is 0 Å². The van der Waals surface area contributed by atoms with Gasteiger partial charge in [0, 0.05) is 12.4 Å². The highest BCUT2D eigenvalue weighted by Crippen LogP contribution is 2.28. The van der Waals surface area contributed by atoms with Gasteiger partial charge in [-0.3, -0.25) is 0 Å². The van der Waals surface area contributed by atoms with Crippen molar-refractivity contribution in [1.29, 1.82) is 0 Å². The van der Waals surface area contributed by atoms with Crippen LogP contribution in [0.5, 0.6) is 0 Å². The molecule has 0 saturated carbocycles. The highest BCUT2D eigenvalue weighted by molar-refractivity contribution is 7.98.